The Bertz CT molecular complexity index is 417. The van der Waals surface area contributed by atoms with E-state index in [0.717, 1.165) is 25.9 Å². The first-order chi connectivity index (χ1) is 8.62. The van der Waals surface area contributed by atoms with Gasteiger partial charge in [0.05, 0.1) is 0 Å². The molecule has 1 N–H and O–H groups in total. The number of rotatable bonds is 3. The standard InChI is InChI=1S/C12H17F2N3O/c13-12(14)3-1-2-9(5-12)11-16-10(18-17-11)4-8-6-15-7-8/h8-9,15H,1-7H2. The molecule has 4 nitrogen and oxygen atoms in total. The largest absolute Gasteiger partial charge is 0.339 e. The van der Waals surface area contributed by atoms with Crippen LogP contribution in [0, 0.1) is 5.92 Å². The first kappa shape index (κ1) is 12.0. The Morgan fingerprint density at radius 3 is 2.89 bits per heavy atom. The van der Waals surface area contributed by atoms with Gasteiger partial charge in [0.25, 0.3) is 0 Å². The summed E-state index contributed by atoms with van der Waals surface area (Å²) in [6.45, 7) is 1.94. The van der Waals surface area contributed by atoms with Crippen molar-refractivity contribution in [1.29, 1.82) is 0 Å². The van der Waals surface area contributed by atoms with Crippen molar-refractivity contribution in [3.05, 3.63) is 11.7 Å². The van der Waals surface area contributed by atoms with Crippen molar-refractivity contribution in [3.8, 4) is 0 Å². The molecule has 0 amide bonds. The van der Waals surface area contributed by atoms with E-state index in [-0.39, 0.29) is 18.8 Å². The Labute approximate surface area is 104 Å². The van der Waals surface area contributed by atoms with Gasteiger partial charge in [0.2, 0.25) is 11.8 Å². The third-order valence-electron chi connectivity index (χ3n) is 3.82. The Morgan fingerprint density at radius 1 is 1.39 bits per heavy atom. The number of nitrogens with zero attached hydrogens (tertiary/aromatic N) is 2. The fourth-order valence-electron chi connectivity index (χ4n) is 2.65. The summed E-state index contributed by atoms with van der Waals surface area (Å²) < 4.78 is 31.8. The van der Waals surface area contributed by atoms with Crippen molar-refractivity contribution in [2.24, 2.45) is 5.92 Å². The monoisotopic (exact) mass is 257 g/mol. The molecule has 18 heavy (non-hydrogen) atoms. The zero-order chi connectivity index (χ0) is 12.6. The lowest BCUT2D eigenvalue weighted by Gasteiger charge is -2.26. The molecule has 6 heteroatoms. The highest BCUT2D eigenvalue weighted by molar-refractivity contribution is 5.00. The van der Waals surface area contributed by atoms with Gasteiger partial charge in [0.15, 0.2) is 5.82 Å². The van der Waals surface area contributed by atoms with Crippen LogP contribution in [0.5, 0.6) is 0 Å². The van der Waals surface area contributed by atoms with E-state index in [1.807, 2.05) is 0 Å². The molecule has 2 aliphatic rings. The van der Waals surface area contributed by atoms with Crippen molar-refractivity contribution < 1.29 is 13.3 Å². The zero-order valence-corrected chi connectivity index (χ0v) is 10.2. The highest BCUT2D eigenvalue weighted by Crippen LogP contribution is 2.40. The summed E-state index contributed by atoms with van der Waals surface area (Å²) in [5, 5.41) is 7.05. The summed E-state index contributed by atoms with van der Waals surface area (Å²) in [5.41, 5.74) is 0. The summed E-state index contributed by atoms with van der Waals surface area (Å²) >= 11 is 0. The Balaban J connectivity index is 1.64. The SMILES string of the molecule is FC1(F)CCCC(c2noc(CC3CNC3)n2)C1. The van der Waals surface area contributed by atoms with Gasteiger partial charge in [0, 0.05) is 25.2 Å². The number of hydrogen-bond donors (Lipinski definition) is 1. The molecule has 1 aromatic rings. The molecule has 100 valence electrons. The molecule has 1 saturated carbocycles. The number of alkyl halides is 2. The molecule has 0 radical (unpaired) electrons. The van der Waals surface area contributed by atoms with E-state index in [4.69, 9.17) is 4.52 Å². The van der Waals surface area contributed by atoms with E-state index in [2.05, 4.69) is 15.5 Å². The molecule has 0 bridgehead atoms. The summed E-state index contributed by atoms with van der Waals surface area (Å²) in [5.74, 6) is -1.21. The molecular formula is C12H17F2N3O. The second-order valence-electron chi connectivity index (χ2n) is 5.42. The summed E-state index contributed by atoms with van der Waals surface area (Å²) in [6, 6.07) is 0. The van der Waals surface area contributed by atoms with Gasteiger partial charge < -0.3 is 9.84 Å². The second-order valence-corrected chi connectivity index (χ2v) is 5.42. The lowest BCUT2D eigenvalue weighted by Crippen LogP contribution is -2.43. The topological polar surface area (TPSA) is 51.0 Å². The smallest absolute Gasteiger partial charge is 0.248 e. The molecule has 2 fully saturated rings. The summed E-state index contributed by atoms with van der Waals surface area (Å²) in [4.78, 5) is 4.28. The van der Waals surface area contributed by atoms with E-state index in [1.165, 1.54) is 0 Å². The molecule has 2 heterocycles. The first-order valence-electron chi connectivity index (χ1n) is 6.53. The van der Waals surface area contributed by atoms with Gasteiger partial charge in [-0.1, -0.05) is 5.16 Å². The average molecular weight is 257 g/mol. The predicted molar refractivity (Wildman–Crippen MR) is 60.5 cm³/mol. The van der Waals surface area contributed by atoms with Gasteiger partial charge in [-0.15, -0.1) is 0 Å². The Hall–Kier alpha value is -1.04. The van der Waals surface area contributed by atoms with E-state index < -0.39 is 5.92 Å². The summed E-state index contributed by atoms with van der Waals surface area (Å²) in [7, 11) is 0. The zero-order valence-electron chi connectivity index (χ0n) is 10.2. The van der Waals surface area contributed by atoms with Crippen molar-refractivity contribution in [2.75, 3.05) is 13.1 Å². The van der Waals surface area contributed by atoms with Crippen LogP contribution in [0.2, 0.25) is 0 Å². The van der Waals surface area contributed by atoms with Gasteiger partial charge >= 0.3 is 0 Å². The third kappa shape index (κ3) is 2.53. The lowest BCUT2D eigenvalue weighted by molar-refractivity contribution is -0.0418. The number of nitrogens with one attached hydrogen (secondary N) is 1. The Morgan fingerprint density at radius 2 is 2.22 bits per heavy atom. The van der Waals surface area contributed by atoms with Gasteiger partial charge in [-0.05, 0) is 31.8 Å². The van der Waals surface area contributed by atoms with Crippen molar-refractivity contribution in [1.82, 2.24) is 15.5 Å². The fraction of sp³-hybridized carbons (Fsp3) is 0.833. The predicted octanol–water partition coefficient (Wildman–Crippen LogP) is 2.12. The number of halogens is 2. The van der Waals surface area contributed by atoms with Crippen LogP contribution in [0.1, 0.15) is 43.3 Å². The summed E-state index contributed by atoms with van der Waals surface area (Å²) in [6.07, 6.45) is 1.87. The number of aromatic nitrogens is 2. The van der Waals surface area contributed by atoms with E-state index >= 15 is 0 Å². The average Bonchev–Trinajstić information content (AvgIpc) is 2.70. The molecule has 1 aromatic heterocycles. The van der Waals surface area contributed by atoms with E-state index in [9.17, 15) is 8.78 Å². The van der Waals surface area contributed by atoms with Crippen LogP contribution in [-0.4, -0.2) is 29.2 Å². The van der Waals surface area contributed by atoms with E-state index in [0.29, 0.717) is 24.1 Å². The first-order valence-corrected chi connectivity index (χ1v) is 6.53. The van der Waals surface area contributed by atoms with Crippen LogP contribution in [0.15, 0.2) is 4.52 Å². The maximum Gasteiger partial charge on any atom is 0.248 e. The van der Waals surface area contributed by atoms with Gasteiger partial charge in [-0.2, -0.15) is 4.98 Å². The van der Waals surface area contributed by atoms with Crippen LogP contribution >= 0.6 is 0 Å². The normalized spacial score (nSPS) is 28.0. The van der Waals surface area contributed by atoms with Crippen molar-refractivity contribution >= 4 is 0 Å². The van der Waals surface area contributed by atoms with Gasteiger partial charge in [-0.25, -0.2) is 8.78 Å². The van der Waals surface area contributed by atoms with Gasteiger partial charge in [0.1, 0.15) is 0 Å². The number of hydrogen-bond acceptors (Lipinski definition) is 4. The van der Waals surface area contributed by atoms with E-state index in [1.54, 1.807) is 0 Å². The quantitative estimate of drug-likeness (QED) is 0.901. The van der Waals surface area contributed by atoms with Crippen LogP contribution in [0.4, 0.5) is 8.78 Å². The minimum Gasteiger partial charge on any atom is -0.339 e. The Kier molecular flexibility index (Phi) is 3.05. The molecule has 0 aromatic carbocycles. The third-order valence-corrected chi connectivity index (χ3v) is 3.82. The van der Waals surface area contributed by atoms with Crippen LogP contribution in [-0.2, 0) is 6.42 Å². The molecule has 1 aliphatic carbocycles. The van der Waals surface area contributed by atoms with Crippen molar-refractivity contribution in [3.63, 3.8) is 0 Å². The van der Waals surface area contributed by atoms with Gasteiger partial charge in [-0.3, -0.25) is 0 Å². The maximum atomic E-state index is 13.3. The fourth-order valence-corrected chi connectivity index (χ4v) is 2.65. The molecule has 1 aliphatic heterocycles. The minimum absolute atomic E-state index is 0.0120. The van der Waals surface area contributed by atoms with Crippen molar-refractivity contribution in [2.45, 2.75) is 43.9 Å². The molecule has 1 unspecified atom stereocenters. The second kappa shape index (κ2) is 4.57. The van der Waals surface area contributed by atoms with Crippen LogP contribution in [0.3, 0.4) is 0 Å². The maximum absolute atomic E-state index is 13.3. The molecule has 0 spiro atoms. The van der Waals surface area contributed by atoms with Crippen LogP contribution in [0.25, 0.3) is 0 Å². The highest BCUT2D eigenvalue weighted by atomic mass is 19.3. The lowest BCUT2D eigenvalue weighted by atomic mass is 9.86. The highest BCUT2D eigenvalue weighted by Gasteiger charge is 2.38. The molecule has 1 saturated heterocycles. The minimum atomic E-state index is -2.57. The molecule has 3 rings (SSSR count). The van der Waals surface area contributed by atoms with Crippen LogP contribution < -0.4 is 5.32 Å². The molecule has 1 atom stereocenters. The molecular weight excluding hydrogens is 240 g/mol.